The highest BCUT2D eigenvalue weighted by atomic mass is 16.5. The molecule has 0 radical (unpaired) electrons. The molecule has 0 bridgehead atoms. The number of benzene rings is 1. The van der Waals surface area contributed by atoms with Gasteiger partial charge >= 0.3 is 11.9 Å². The van der Waals surface area contributed by atoms with E-state index in [2.05, 4.69) is 6.58 Å². The quantitative estimate of drug-likeness (QED) is 0.558. The Kier molecular flexibility index (Phi) is 7.37. The van der Waals surface area contributed by atoms with Crippen molar-refractivity contribution in [3.05, 3.63) is 48.6 Å². The number of aliphatic carboxylic acids is 1. The van der Waals surface area contributed by atoms with Crippen molar-refractivity contribution in [3.8, 4) is 0 Å². The zero-order chi connectivity index (χ0) is 16.5. The molecule has 2 atom stereocenters. The normalized spacial score (nSPS) is 13.4. The molecule has 120 valence electrons. The molecule has 0 aliphatic heterocycles. The molecule has 1 aromatic carbocycles. The van der Waals surface area contributed by atoms with E-state index in [1.54, 1.807) is 6.08 Å². The molecule has 4 heteroatoms. The molecule has 0 aromatic heterocycles. The van der Waals surface area contributed by atoms with Crippen LogP contribution in [-0.2, 0) is 20.9 Å². The summed E-state index contributed by atoms with van der Waals surface area (Å²) < 4.78 is 5.31. The lowest BCUT2D eigenvalue weighted by atomic mass is 9.83. The summed E-state index contributed by atoms with van der Waals surface area (Å²) in [5.41, 5.74) is 0.879. The molecule has 0 fully saturated rings. The number of carboxylic acid groups (broad SMARTS) is 1. The monoisotopic (exact) mass is 304 g/mol. The van der Waals surface area contributed by atoms with E-state index in [0.717, 1.165) is 5.56 Å². The van der Waals surface area contributed by atoms with E-state index < -0.39 is 23.8 Å². The summed E-state index contributed by atoms with van der Waals surface area (Å²) in [5.74, 6) is -2.69. The highest BCUT2D eigenvalue weighted by Crippen LogP contribution is 2.26. The van der Waals surface area contributed by atoms with Gasteiger partial charge in [0.1, 0.15) is 6.61 Å². The molecule has 0 aliphatic rings. The molecule has 0 aliphatic carbocycles. The molecule has 0 saturated heterocycles. The van der Waals surface area contributed by atoms with Crippen LogP contribution in [0.3, 0.4) is 0 Å². The lowest BCUT2D eigenvalue weighted by Gasteiger charge is -2.23. The molecule has 0 heterocycles. The fraction of sp³-hybridized carbons (Fsp3) is 0.444. The van der Waals surface area contributed by atoms with E-state index in [-0.39, 0.29) is 12.5 Å². The third-order valence-corrected chi connectivity index (χ3v) is 3.48. The van der Waals surface area contributed by atoms with E-state index in [9.17, 15) is 14.7 Å². The van der Waals surface area contributed by atoms with E-state index in [4.69, 9.17) is 4.74 Å². The number of hydrogen-bond acceptors (Lipinski definition) is 3. The van der Waals surface area contributed by atoms with Gasteiger partial charge in [-0.3, -0.25) is 9.59 Å². The van der Waals surface area contributed by atoms with Gasteiger partial charge in [0.25, 0.3) is 0 Å². The molecule has 1 rings (SSSR count). The Labute approximate surface area is 131 Å². The molecule has 0 saturated carbocycles. The first-order valence-electron chi connectivity index (χ1n) is 7.50. The van der Waals surface area contributed by atoms with Crippen LogP contribution in [0, 0.1) is 17.8 Å². The van der Waals surface area contributed by atoms with Crippen LogP contribution >= 0.6 is 0 Å². The second-order valence-electron chi connectivity index (χ2n) is 5.80. The van der Waals surface area contributed by atoms with E-state index in [1.165, 1.54) is 0 Å². The Bertz CT molecular complexity index is 493. The summed E-state index contributed by atoms with van der Waals surface area (Å²) in [5, 5.41) is 9.41. The van der Waals surface area contributed by atoms with Gasteiger partial charge in [-0.1, -0.05) is 50.3 Å². The van der Waals surface area contributed by atoms with Crippen molar-refractivity contribution in [3.63, 3.8) is 0 Å². The lowest BCUT2D eigenvalue weighted by Crippen LogP contribution is -2.32. The van der Waals surface area contributed by atoms with Gasteiger partial charge in [0.15, 0.2) is 0 Å². The van der Waals surface area contributed by atoms with Crippen molar-refractivity contribution in [2.24, 2.45) is 17.8 Å². The third-order valence-electron chi connectivity index (χ3n) is 3.48. The SMILES string of the molecule is C=CCC(C(=O)OCc1ccccc1)[C@@H](CC(C)C)C(=O)O. The van der Waals surface area contributed by atoms with Crippen LogP contribution in [0.15, 0.2) is 43.0 Å². The number of ether oxygens (including phenoxy) is 1. The zero-order valence-electron chi connectivity index (χ0n) is 13.2. The Morgan fingerprint density at radius 3 is 2.36 bits per heavy atom. The van der Waals surface area contributed by atoms with Gasteiger partial charge in [-0.25, -0.2) is 0 Å². The maximum Gasteiger partial charge on any atom is 0.310 e. The van der Waals surface area contributed by atoms with Crippen molar-refractivity contribution in [2.75, 3.05) is 0 Å². The van der Waals surface area contributed by atoms with Gasteiger partial charge in [-0.2, -0.15) is 0 Å². The fourth-order valence-electron chi connectivity index (χ4n) is 2.39. The first kappa shape index (κ1) is 18.0. The molecule has 0 amide bonds. The van der Waals surface area contributed by atoms with Crippen LogP contribution in [0.1, 0.15) is 32.3 Å². The van der Waals surface area contributed by atoms with Crippen molar-refractivity contribution >= 4 is 11.9 Å². The van der Waals surface area contributed by atoms with Crippen LogP contribution in [0.5, 0.6) is 0 Å². The fourth-order valence-corrected chi connectivity index (χ4v) is 2.39. The number of carbonyl (C=O) groups excluding carboxylic acids is 1. The van der Waals surface area contributed by atoms with Crippen molar-refractivity contribution in [1.82, 2.24) is 0 Å². The number of carboxylic acids is 1. The van der Waals surface area contributed by atoms with E-state index >= 15 is 0 Å². The Morgan fingerprint density at radius 2 is 1.86 bits per heavy atom. The molecule has 0 spiro atoms. The minimum atomic E-state index is -0.961. The van der Waals surface area contributed by atoms with E-state index in [1.807, 2.05) is 44.2 Å². The second kappa shape index (κ2) is 9.03. The number of allylic oxidation sites excluding steroid dienone is 1. The molecular formula is C18H24O4. The predicted molar refractivity (Wildman–Crippen MR) is 85.1 cm³/mol. The van der Waals surface area contributed by atoms with Crippen molar-refractivity contribution in [1.29, 1.82) is 0 Å². The highest BCUT2D eigenvalue weighted by Gasteiger charge is 2.34. The third kappa shape index (κ3) is 5.72. The molecule has 4 nitrogen and oxygen atoms in total. The number of carbonyl (C=O) groups is 2. The standard InChI is InChI=1S/C18H24O4/c1-4-8-15(16(17(19)20)11-13(2)3)18(21)22-12-14-9-6-5-7-10-14/h4-7,9-10,13,15-16H,1,8,11-12H2,2-3H3,(H,19,20)/t15?,16-/m1/s1. The predicted octanol–water partition coefficient (Wildman–Crippen LogP) is 3.67. The van der Waals surface area contributed by atoms with E-state index in [0.29, 0.717) is 12.8 Å². The molecule has 1 N–H and O–H groups in total. The van der Waals surface area contributed by atoms with Crippen LogP contribution < -0.4 is 0 Å². The van der Waals surface area contributed by atoms with Gasteiger partial charge in [0.05, 0.1) is 11.8 Å². The first-order valence-corrected chi connectivity index (χ1v) is 7.50. The van der Waals surface area contributed by atoms with Gasteiger partial charge in [-0.15, -0.1) is 6.58 Å². The Balaban J connectivity index is 2.76. The maximum atomic E-state index is 12.3. The average molecular weight is 304 g/mol. The van der Waals surface area contributed by atoms with Crippen LogP contribution in [-0.4, -0.2) is 17.0 Å². The smallest absolute Gasteiger partial charge is 0.310 e. The molecule has 1 unspecified atom stereocenters. The largest absolute Gasteiger partial charge is 0.481 e. The maximum absolute atomic E-state index is 12.3. The van der Waals surface area contributed by atoms with Gasteiger partial charge in [0, 0.05) is 0 Å². The molecular weight excluding hydrogens is 280 g/mol. The van der Waals surface area contributed by atoms with Crippen molar-refractivity contribution < 1.29 is 19.4 Å². The van der Waals surface area contributed by atoms with Gasteiger partial charge in [-0.05, 0) is 24.3 Å². The zero-order valence-corrected chi connectivity index (χ0v) is 13.2. The summed E-state index contributed by atoms with van der Waals surface area (Å²) in [6.45, 7) is 7.66. The number of hydrogen-bond donors (Lipinski definition) is 1. The van der Waals surface area contributed by atoms with Gasteiger partial charge < -0.3 is 9.84 Å². The lowest BCUT2D eigenvalue weighted by molar-refractivity contribution is -0.159. The highest BCUT2D eigenvalue weighted by molar-refractivity contribution is 5.81. The van der Waals surface area contributed by atoms with Crippen molar-refractivity contribution in [2.45, 2.75) is 33.3 Å². The summed E-state index contributed by atoms with van der Waals surface area (Å²) >= 11 is 0. The van der Waals surface area contributed by atoms with Crippen LogP contribution in [0.25, 0.3) is 0 Å². The second-order valence-corrected chi connectivity index (χ2v) is 5.80. The number of rotatable bonds is 9. The Morgan fingerprint density at radius 1 is 1.23 bits per heavy atom. The van der Waals surface area contributed by atoms with Crippen LogP contribution in [0.2, 0.25) is 0 Å². The topological polar surface area (TPSA) is 63.6 Å². The summed E-state index contributed by atoms with van der Waals surface area (Å²) in [7, 11) is 0. The average Bonchev–Trinajstić information content (AvgIpc) is 2.49. The molecule has 1 aromatic rings. The molecule has 22 heavy (non-hydrogen) atoms. The summed E-state index contributed by atoms with van der Waals surface area (Å²) in [6.07, 6.45) is 2.32. The minimum absolute atomic E-state index is 0.154. The van der Waals surface area contributed by atoms with Gasteiger partial charge in [0.2, 0.25) is 0 Å². The summed E-state index contributed by atoms with van der Waals surface area (Å²) in [6, 6.07) is 9.33. The first-order chi connectivity index (χ1) is 10.5. The minimum Gasteiger partial charge on any atom is -0.481 e. The Hall–Kier alpha value is -2.10. The summed E-state index contributed by atoms with van der Waals surface area (Å²) in [4.78, 5) is 23.8. The van der Waals surface area contributed by atoms with Crippen LogP contribution in [0.4, 0.5) is 0 Å². The number of esters is 1.